The van der Waals surface area contributed by atoms with Gasteiger partial charge in [0.1, 0.15) is 11.5 Å². The Hall–Kier alpha value is -5.42. The van der Waals surface area contributed by atoms with Crippen molar-refractivity contribution in [1.82, 2.24) is 9.97 Å². The molecule has 0 saturated heterocycles. The fourth-order valence-electron chi connectivity index (χ4n) is 6.67. The van der Waals surface area contributed by atoms with E-state index in [4.69, 9.17) is 19.4 Å². The highest BCUT2D eigenvalue weighted by Gasteiger charge is 2.52. The summed E-state index contributed by atoms with van der Waals surface area (Å²) in [5.41, 5.74) is 8.56. The number of aromatic nitrogens is 2. The van der Waals surface area contributed by atoms with E-state index in [1.807, 2.05) is 73.1 Å². The molecule has 0 atom stereocenters. The van der Waals surface area contributed by atoms with Gasteiger partial charge in [0.25, 0.3) is 0 Å². The zero-order valence-electron chi connectivity index (χ0n) is 21.3. The maximum absolute atomic E-state index is 6.59. The molecule has 3 aliphatic rings. The van der Waals surface area contributed by atoms with Gasteiger partial charge in [-0.2, -0.15) is 0 Å². The molecule has 9 rings (SSSR count). The van der Waals surface area contributed by atoms with Crippen molar-refractivity contribution in [2.24, 2.45) is 0 Å². The Labute approximate surface area is 230 Å². The van der Waals surface area contributed by atoms with Gasteiger partial charge in [-0.05, 0) is 71.8 Å². The molecule has 0 N–H and O–H groups in total. The number of fused-ring (bicyclic) bond motifs is 11. The number of ether oxygens (including phenoxy) is 2. The van der Waals surface area contributed by atoms with Gasteiger partial charge in [-0.25, -0.2) is 0 Å². The third-order valence-electron chi connectivity index (χ3n) is 8.22. The molecular weight excluding hydrogens is 494 g/mol. The molecule has 5 nitrogen and oxygen atoms in total. The first-order valence-corrected chi connectivity index (χ1v) is 13.3. The number of nitrogens with zero attached hydrogens (tertiary/aromatic N) is 3. The summed E-state index contributed by atoms with van der Waals surface area (Å²) in [6.07, 6.45) is 3.70. The predicted molar refractivity (Wildman–Crippen MR) is 154 cm³/mol. The number of hydrogen-bond acceptors (Lipinski definition) is 5. The minimum Gasteiger partial charge on any atom is -0.457 e. The summed E-state index contributed by atoms with van der Waals surface area (Å²) >= 11 is 0. The highest BCUT2D eigenvalue weighted by molar-refractivity contribution is 5.89. The van der Waals surface area contributed by atoms with Crippen LogP contribution in [0.2, 0.25) is 0 Å². The zero-order valence-corrected chi connectivity index (χ0v) is 21.3. The number of benzene rings is 4. The van der Waals surface area contributed by atoms with Gasteiger partial charge < -0.3 is 14.4 Å². The maximum atomic E-state index is 6.59. The third-order valence-corrected chi connectivity index (χ3v) is 8.22. The van der Waals surface area contributed by atoms with Gasteiger partial charge in [-0.3, -0.25) is 9.97 Å². The molecule has 188 valence electrons. The van der Waals surface area contributed by atoms with Crippen molar-refractivity contribution in [2.45, 2.75) is 5.41 Å². The Morgan fingerprint density at radius 2 is 1.00 bits per heavy atom. The monoisotopic (exact) mass is 515 g/mol. The van der Waals surface area contributed by atoms with Crippen LogP contribution < -0.4 is 14.4 Å². The second-order valence-electron chi connectivity index (χ2n) is 10.2. The van der Waals surface area contributed by atoms with E-state index < -0.39 is 5.41 Å². The maximum Gasteiger partial charge on any atom is 0.151 e. The standard InChI is InChI=1S/C35H21N3O2/c1-4-14-29-23(9-1)35(24-10-7-19-36-33(24)34-25(35)11-8-20-37-34)26-21-22(17-18-30(26)39-29)38-27-12-2-5-15-31(27)40-32-16-6-3-13-28(32)38/h1-21H. The normalized spacial score (nSPS) is 14.6. The summed E-state index contributed by atoms with van der Waals surface area (Å²) in [5.74, 6) is 3.31. The van der Waals surface area contributed by atoms with Crippen LogP contribution in [0.1, 0.15) is 22.3 Å². The van der Waals surface area contributed by atoms with Crippen molar-refractivity contribution in [3.63, 3.8) is 0 Å². The molecule has 2 aliphatic heterocycles. The van der Waals surface area contributed by atoms with Crippen molar-refractivity contribution < 1.29 is 9.47 Å². The fraction of sp³-hybridized carbons (Fsp3) is 0.0286. The number of para-hydroxylation sites is 5. The quantitative estimate of drug-likeness (QED) is 0.219. The van der Waals surface area contributed by atoms with Crippen molar-refractivity contribution in [3.8, 4) is 34.4 Å². The lowest BCUT2D eigenvalue weighted by molar-refractivity contribution is 0.436. The molecule has 0 bridgehead atoms. The highest BCUT2D eigenvalue weighted by Crippen LogP contribution is 2.62. The van der Waals surface area contributed by atoms with Gasteiger partial charge in [0.2, 0.25) is 0 Å². The van der Waals surface area contributed by atoms with Crippen LogP contribution in [0, 0.1) is 0 Å². The van der Waals surface area contributed by atoms with Crippen LogP contribution in [0.3, 0.4) is 0 Å². The zero-order chi connectivity index (χ0) is 26.3. The van der Waals surface area contributed by atoms with E-state index in [9.17, 15) is 0 Å². The molecule has 0 unspecified atom stereocenters. The number of anilines is 3. The minimum absolute atomic E-state index is 0.626. The molecule has 0 fully saturated rings. The minimum atomic E-state index is -0.626. The van der Waals surface area contributed by atoms with Gasteiger partial charge in [0.05, 0.1) is 28.2 Å². The Morgan fingerprint density at radius 1 is 0.475 bits per heavy atom. The molecule has 1 spiro atoms. The van der Waals surface area contributed by atoms with E-state index in [1.165, 1.54) is 0 Å². The van der Waals surface area contributed by atoms with Gasteiger partial charge in [-0.1, -0.05) is 54.6 Å². The number of pyridine rings is 2. The Kier molecular flexibility index (Phi) is 4.20. The molecule has 40 heavy (non-hydrogen) atoms. The van der Waals surface area contributed by atoms with Crippen LogP contribution >= 0.6 is 0 Å². The van der Waals surface area contributed by atoms with Gasteiger partial charge in [0.15, 0.2) is 11.5 Å². The van der Waals surface area contributed by atoms with Crippen LogP contribution in [0.4, 0.5) is 17.1 Å². The summed E-state index contributed by atoms with van der Waals surface area (Å²) in [7, 11) is 0. The number of hydrogen-bond donors (Lipinski definition) is 0. The topological polar surface area (TPSA) is 47.5 Å². The summed E-state index contributed by atoms with van der Waals surface area (Å²) in [6, 6.07) is 39.5. The SMILES string of the molecule is c1ccc2c(c1)Oc1ccccc1N2c1ccc2c(c1)C1(c3ccccc3O2)c2cccnc2-c2ncccc21. The van der Waals surface area contributed by atoms with Gasteiger partial charge >= 0.3 is 0 Å². The molecule has 0 radical (unpaired) electrons. The molecule has 4 aromatic carbocycles. The van der Waals surface area contributed by atoms with Crippen molar-refractivity contribution in [2.75, 3.05) is 4.90 Å². The molecule has 0 saturated carbocycles. The van der Waals surface area contributed by atoms with Crippen LogP contribution in [-0.2, 0) is 5.41 Å². The van der Waals surface area contributed by atoms with Crippen molar-refractivity contribution in [1.29, 1.82) is 0 Å². The van der Waals surface area contributed by atoms with E-state index in [0.29, 0.717) is 0 Å². The largest absolute Gasteiger partial charge is 0.457 e. The lowest BCUT2D eigenvalue weighted by Crippen LogP contribution is -2.32. The fourth-order valence-corrected chi connectivity index (χ4v) is 6.67. The summed E-state index contributed by atoms with van der Waals surface area (Å²) in [6.45, 7) is 0. The van der Waals surface area contributed by atoms with E-state index in [2.05, 4.69) is 59.5 Å². The van der Waals surface area contributed by atoms with Gasteiger partial charge in [-0.15, -0.1) is 0 Å². The van der Waals surface area contributed by atoms with Crippen LogP contribution in [-0.4, -0.2) is 9.97 Å². The Bertz CT molecular complexity index is 1910. The second kappa shape index (κ2) is 7.80. The summed E-state index contributed by atoms with van der Waals surface area (Å²) in [4.78, 5) is 11.9. The average molecular weight is 516 g/mol. The number of rotatable bonds is 1. The van der Waals surface area contributed by atoms with Crippen molar-refractivity contribution in [3.05, 3.63) is 150 Å². The molecule has 6 aromatic rings. The van der Waals surface area contributed by atoms with E-state index in [1.54, 1.807) is 0 Å². The summed E-state index contributed by atoms with van der Waals surface area (Å²) < 4.78 is 12.9. The van der Waals surface area contributed by atoms with E-state index in [-0.39, 0.29) is 0 Å². The first-order chi connectivity index (χ1) is 19.8. The van der Waals surface area contributed by atoms with Crippen LogP contribution in [0.15, 0.2) is 128 Å². The predicted octanol–water partition coefficient (Wildman–Crippen LogP) is 8.52. The Balaban J connectivity index is 1.37. The van der Waals surface area contributed by atoms with Crippen LogP contribution in [0.25, 0.3) is 11.4 Å². The molecule has 1 aliphatic carbocycles. The highest BCUT2D eigenvalue weighted by atomic mass is 16.5. The van der Waals surface area contributed by atoms with E-state index in [0.717, 1.165) is 73.7 Å². The third kappa shape index (κ3) is 2.66. The lowest BCUT2D eigenvalue weighted by atomic mass is 9.66. The molecular formula is C35H21N3O2. The Morgan fingerprint density at radius 3 is 1.68 bits per heavy atom. The average Bonchev–Trinajstić information content (AvgIpc) is 3.31. The second-order valence-corrected chi connectivity index (χ2v) is 10.2. The molecule has 5 heteroatoms. The first kappa shape index (κ1) is 21.5. The van der Waals surface area contributed by atoms with Crippen LogP contribution in [0.5, 0.6) is 23.0 Å². The van der Waals surface area contributed by atoms with Gasteiger partial charge in [0, 0.05) is 29.2 Å². The summed E-state index contributed by atoms with van der Waals surface area (Å²) in [5, 5.41) is 0. The molecule has 2 aromatic heterocycles. The molecule has 4 heterocycles. The van der Waals surface area contributed by atoms with E-state index >= 15 is 0 Å². The first-order valence-electron chi connectivity index (χ1n) is 13.3. The smallest absolute Gasteiger partial charge is 0.151 e. The van der Waals surface area contributed by atoms with Crippen molar-refractivity contribution >= 4 is 17.1 Å². The molecule has 0 amide bonds. The lowest BCUT2D eigenvalue weighted by Gasteiger charge is -2.40.